The number of phosphoric ester groups is 1. The van der Waals surface area contributed by atoms with E-state index < -0.39 is 58.9 Å². The number of hydrogen-bond acceptors (Lipinski definition) is 12. The predicted octanol–water partition coefficient (Wildman–Crippen LogP) is 2.78. The minimum absolute atomic E-state index is 0.307. The van der Waals surface area contributed by atoms with Gasteiger partial charge in [-0.15, -0.1) is 0 Å². The van der Waals surface area contributed by atoms with Gasteiger partial charge in [-0.3, -0.25) is 4.79 Å². The average molecular weight is 625 g/mol. The molecule has 0 aliphatic heterocycles. The molecule has 0 aromatic heterocycles. The maximum Gasteiger partial charge on any atom is 0.543 e. The second kappa shape index (κ2) is 22.1. The Balaban J connectivity index is 4.39. The highest BCUT2D eigenvalue weighted by Gasteiger charge is 2.45. The van der Waals surface area contributed by atoms with Gasteiger partial charge in [0.15, 0.2) is 6.29 Å². The molecule has 0 saturated carbocycles. The van der Waals surface area contributed by atoms with Crippen LogP contribution in [0.4, 0.5) is 0 Å². The van der Waals surface area contributed by atoms with E-state index in [4.69, 9.17) is 14.9 Å². The zero-order valence-corrected chi connectivity index (χ0v) is 25.1. The van der Waals surface area contributed by atoms with Crippen LogP contribution in [0.3, 0.4) is 0 Å². The molecule has 0 rings (SSSR count). The Hall–Kier alpha value is -0.470. The number of rotatable bonds is 26. The van der Waals surface area contributed by atoms with Crippen LogP contribution in [0.5, 0.6) is 0 Å². The third-order valence-corrected chi connectivity index (χ3v) is 8.77. The fourth-order valence-electron chi connectivity index (χ4n) is 3.90. The van der Waals surface area contributed by atoms with Gasteiger partial charge in [-0.1, -0.05) is 96.8 Å². The van der Waals surface area contributed by atoms with Crippen LogP contribution in [0, 0.1) is 0 Å². The molecule has 240 valence electrons. The Morgan fingerprint density at radius 1 is 0.675 bits per heavy atom. The van der Waals surface area contributed by atoms with Crippen LogP contribution < -0.4 is 0 Å². The zero-order chi connectivity index (χ0) is 30.6. The van der Waals surface area contributed by atoms with Gasteiger partial charge in [0.1, 0.15) is 24.4 Å². The van der Waals surface area contributed by atoms with Crippen LogP contribution >= 0.6 is 15.6 Å². The number of aliphatic hydroxyl groups excluding tert-OH is 6. The smallest absolute Gasteiger partial charge is 0.394 e. The molecule has 14 nitrogen and oxygen atoms in total. The quantitative estimate of drug-likeness (QED) is 0.0392. The van der Waals surface area contributed by atoms with Crippen LogP contribution in [0.25, 0.3) is 0 Å². The minimum atomic E-state index is -5.60. The van der Waals surface area contributed by atoms with E-state index in [1.807, 2.05) is 0 Å². The molecule has 2 unspecified atom stereocenters. The van der Waals surface area contributed by atoms with Crippen molar-refractivity contribution in [2.45, 2.75) is 140 Å². The minimum Gasteiger partial charge on any atom is -0.394 e. The lowest BCUT2D eigenvalue weighted by Gasteiger charge is -2.29. The van der Waals surface area contributed by atoms with Crippen LogP contribution in [-0.4, -0.2) is 83.7 Å². The van der Waals surface area contributed by atoms with Gasteiger partial charge in [0.25, 0.3) is 0 Å². The second-order valence-corrected chi connectivity index (χ2v) is 12.8. The van der Waals surface area contributed by atoms with Gasteiger partial charge >= 0.3 is 21.6 Å². The first-order valence-corrected chi connectivity index (χ1v) is 17.0. The highest BCUT2D eigenvalue weighted by atomic mass is 31.3. The van der Waals surface area contributed by atoms with Crippen molar-refractivity contribution >= 4 is 21.6 Å². The molecular formula is C24H50O14P2. The van der Waals surface area contributed by atoms with Crippen molar-refractivity contribution in [3.05, 3.63) is 0 Å². The highest BCUT2D eigenvalue weighted by Crippen LogP contribution is 2.62. The van der Waals surface area contributed by atoms with Gasteiger partial charge in [0.05, 0.1) is 6.61 Å². The van der Waals surface area contributed by atoms with Gasteiger partial charge in [-0.2, -0.15) is 4.31 Å². The Labute approximate surface area is 236 Å². The Morgan fingerprint density at radius 2 is 1.10 bits per heavy atom. The molecular weight excluding hydrogens is 574 g/mol. The van der Waals surface area contributed by atoms with E-state index in [1.165, 1.54) is 57.8 Å². The molecule has 0 heterocycles. The van der Waals surface area contributed by atoms with Crippen molar-refractivity contribution in [1.82, 2.24) is 0 Å². The van der Waals surface area contributed by atoms with E-state index in [9.17, 15) is 39.5 Å². The lowest BCUT2D eigenvalue weighted by molar-refractivity contribution is -0.186. The molecule has 0 bridgehead atoms. The van der Waals surface area contributed by atoms with Crippen molar-refractivity contribution in [2.75, 3.05) is 6.61 Å². The molecule has 0 radical (unpaired) electrons. The number of carbonyl (C=O) groups is 1. The lowest BCUT2D eigenvalue weighted by Crippen LogP contribution is -2.50. The summed E-state index contributed by atoms with van der Waals surface area (Å²) in [4.78, 5) is 30.1. The Bertz CT molecular complexity index is 749. The third-order valence-electron chi connectivity index (χ3n) is 6.21. The fourth-order valence-corrected chi connectivity index (χ4v) is 6.00. The summed E-state index contributed by atoms with van der Waals surface area (Å²) >= 11 is 0. The summed E-state index contributed by atoms with van der Waals surface area (Å²) in [5, 5.41) is 57.2. The number of hydrogen-bond donors (Lipinski definition) is 8. The first kappa shape index (κ1) is 39.5. The van der Waals surface area contributed by atoms with E-state index in [1.54, 1.807) is 0 Å². The first-order valence-electron chi connectivity index (χ1n) is 14.0. The van der Waals surface area contributed by atoms with Gasteiger partial charge in [0.2, 0.25) is 0 Å². The molecule has 6 atom stereocenters. The number of carbonyl (C=O) groups excluding carboxylic acids is 1. The van der Waals surface area contributed by atoms with Crippen molar-refractivity contribution in [2.24, 2.45) is 0 Å². The summed E-state index contributed by atoms with van der Waals surface area (Å²) in [6.07, 6.45) is 4.33. The Kier molecular flexibility index (Phi) is 21.9. The largest absolute Gasteiger partial charge is 0.543 e. The molecule has 0 aromatic carbocycles. The van der Waals surface area contributed by atoms with Gasteiger partial charge in [0, 0.05) is 6.42 Å². The summed E-state index contributed by atoms with van der Waals surface area (Å²) in [5.74, 6) is -1.22. The van der Waals surface area contributed by atoms with Gasteiger partial charge in [-0.25, -0.2) is 13.7 Å². The average Bonchev–Trinajstić information content (AvgIpc) is 2.87. The van der Waals surface area contributed by atoms with Crippen molar-refractivity contribution < 1.29 is 67.7 Å². The standard InChI is InChI=1S/C24H50O14P2/c1-2-3-4-5-6-7-8-9-10-11-12-13-14-15-16-17-20(27)36-40(35,38-39(32,33)34)37-24(31)23(30)22(29)21(28)19(26)18-25/h19,21-26,28-31H,2-18H2,1H3,(H2,32,33,34)/t19-,21-,22+,23-,24?,40?/m1/s1. The van der Waals surface area contributed by atoms with Crippen LogP contribution in [0.1, 0.15) is 110 Å². The fraction of sp³-hybridized carbons (Fsp3) is 0.958. The molecule has 40 heavy (non-hydrogen) atoms. The van der Waals surface area contributed by atoms with Crippen molar-refractivity contribution in [3.63, 3.8) is 0 Å². The molecule has 0 fully saturated rings. The van der Waals surface area contributed by atoms with E-state index in [-0.39, 0.29) is 6.42 Å². The summed E-state index contributed by atoms with van der Waals surface area (Å²) in [6, 6.07) is 0. The van der Waals surface area contributed by atoms with Crippen LogP contribution in [-0.2, 0) is 27.3 Å². The van der Waals surface area contributed by atoms with E-state index in [0.717, 1.165) is 25.7 Å². The topological polar surface area (TPSA) is 241 Å². The van der Waals surface area contributed by atoms with Crippen LogP contribution in [0.15, 0.2) is 0 Å². The Morgan fingerprint density at radius 3 is 1.50 bits per heavy atom. The summed E-state index contributed by atoms with van der Waals surface area (Å²) in [5.41, 5.74) is 0. The van der Waals surface area contributed by atoms with Crippen molar-refractivity contribution in [3.8, 4) is 0 Å². The molecule has 8 N–H and O–H groups in total. The summed E-state index contributed by atoms with van der Waals surface area (Å²) in [6.45, 7) is 1.18. The number of unbranched alkanes of at least 4 members (excludes halogenated alkanes) is 14. The van der Waals surface area contributed by atoms with Crippen LogP contribution in [0.2, 0.25) is 0 Å². The molecule has 0 spiro atoms. The normalized spacial score (nSPS) is 17.5. The maximum atomic E-state index is 12.6. The number of phosphoric acid groups is 2. The molecule has 0 aliphatic carbocycles. The molecule has 0 saturated heterocycles. The summed E-state index contributed by atoms with van der Waals surface area (Å²) in [7, 11) is -11.1. The lowest BCUT2D eigenvalue weighted by atomic mass is 10.0. The van der Waals surface area contributed by atoms with Crippen molar-refractivity contribution in [1.29, 1.82) is 0 Å². The molecule has 0 aliphatic rings. The predicted molar refractivity (Wildman–Crippen MR) is 145 cm³/mol. The van der Waals surface area contributed by atoms with E-state index >= 15 is 0 Å². The van der Waals surface area contributed by atoms with E-state index in [2.05, 4.69) is 20.3 Å². The first-order chi connectivity index (χ1) is 18.8. The molecule has 0 amide bonds. The second-order valence-electron chi connectivity index (χ2n) is 9.90. The third kappa shape index (κ3) is 19.6. The highest BCUT2D eigenvalue weighted by molar-refractivity contribution is 7.61. The summed E-state index contributed by atoms with van der Waals surface area (Å²) < 4.78 is 36.5. The maximum absolute atomic E-state index is 12.6. The SMILES string of the molecule is CCCCCCCCCCCCCCCCCC(=O)OP(=O)(OC(O)[C@H](O)[C@@H](O)[C@H](O)[C@H](O)CO)OP(=O)(O)O. The molecule has 0 aromatic rings. The zero-order valence-electron chi connectivity index (χ0n) is 23.3. The van der Waals surface area contributed by atoms with Gasteiger partial charge < -0.3 is 44.9 Å². The van der Waals surface area contributed by atoms with E-state index in [0.29, 0.717) is 12.8 Å². The number of aliphatic hydroxyl groups is 6. The van der Waals surface area contributed by atoms with Gasteiger partial charge in [-0.05, 0) is 6.42 Å². The monoisotopic (exact) mass is 624 g/mol. The molecule has 16 heteroatoms.